The van der Waals surface area contributed by atoms with Crippen LogP contribution in [0.15, 0.2) is 31.0 Å². The minimum atomic E-state index is 0.139. The molecule has 0 radical (unpaired) electrons. The summed E-state index contributed by atoms with van der Waals surface area (Å²) in [7, 11) is 0. The Hall–Kier alpha value is -1.88. The molecule has 1 aromatic heterocycles. The number of amides is 1. The Morgan fingerprint density at radius 2 is 1.88 bits per heavy atom. The van der Waals surface area contributed by atoms with Gasteiger partial charge in [-0.1, -0.05) is 19.9 Å². The van der Waals surface area contributed by atoms with Crippen LogP contribution in [0, 0.1) is 5.41 Å². The van der Waals surface area contributed by atoms with Gasteiger partial charge in [-0.05, 0) is 36.8 Å². The van der Waals surface area contributed by atoms with E-state index >= 15 is 0 Å². The van der Waals surface area contributed by atoms with Crippen molar-refractivity contribution in [1.29, 1.82) is 0 Å². The Kier molecular flexibility index (Phi) is 5.97. The van der Waals surface area contributed by atoms with E-state index in [2.05, 4.69) is 35.2 Å². The number of carbonyl (C=O) groups excluding carboxylic acids is 1. The number of anilines is 1. The minimum Gasteiger partial charge on any atom is -0.353 e. The molecule has 142 valence electrons. The molecule has 0 aliphatic carbocycles. The lowest BCUT2D eigenvalue weighted by Crippen LogP contribution is -2.49. The summed E-state index contributed by atoms with van der Waals surface area (Å²) in [6, 6.07) is 3.81. The molecule has 3 rings (SSSR count). The van der Waals surface area contributed by atoms with Gasteiger partial charge in [-0.3, -0.25) is 9.69 Å². The summed E-state index contributed by atoms with van der Waals surface area (Å²) in [6.45, 7) is 15.2. The molecule has 1 amide bonds. The summed E-state index contributed by atoms with van der Waals surface area (Å²) in [6.07, 6.45) is 7.07. The number of piperazine rings is 1. The molecule has 0 bridgehead atoms. The van der Waals surface area contributed by atoms with Crippen LogP contribution in [0.1, 0.15) is 43.5 Å². The van der Waals surface area contributed by atoms with Gasteiger partial charge in [0.1, 0.15) is 5.82 Å². The summed E-state index contributed by atoms with van der Waals surface area (Å²) in [5, 5.41) is 0. The second kappa shape index (κ2) is 8.21. The Labute approximate surface area is 157 Å². The highest BCUT2D eigenvalue weighted by atomic mass is 16.2. The standard InChI is InChI=1S/C21H32N4O/c1-4-9-21(2,3)17-23-13-15-24(16-14-23)19-18(8-7-10-22-19)20(26)25-11-5-6-12-25/h4,7-8,10H,1,5-6,9,11-17H2,2-3H3. The van der Waals surface area contributed by atoms with Crippen molar-refractivity contribution in [2.24, 2.45) is 5.41 Å². The quantitative estimate of drug-likeness (QED) is 0.735. The maximum atomic E-state index is 12.9. The highest BCUT2D eigenvalue weighted by Gasteiger charge is 2.28. The lowest BCUT2D eigenvalue weighted by atomic mass is 9.88. The molecule has 2 fully saturated rings. The second-order valence-corrected chi connectivity index (χ2v) is 8.29. The predicted molar refractivity (Wildman–Crippen MR) is 107 cm³/mol. The third-order valence-electron chi connectivity index (χ3n) is 5.43. The van der Waals surface area contributed by atoms with Crippen molar-refractivity contribution in [3.8, 4) is 0 Å². The van der Waals surface area contributed by atoms with Gasteiger partial charge >= 0.3 is 0 Å². The van der Waals surface area contributed by atoms with E-state index in [1.807, 2.05) is 23.1 Å². The normalized spacial score (nSPS) is 19.0. The zero-order chi connectivity index (χ0) is 18.6. The van der Waals surface area contributed by atoms with Crippen molar-refractivity contribution in [3.63, 3.8) is 0 Å². The molecule has 0 unspecified atom stereocenters. The average molecular weight is 357 g/mol. The number of nitrogens with zero attached hydrogens (tertiary/aromatic N) is 4. The van der Waals surface area contributed by atoms with Crippen LogP contribution in [0.5, 0.6) is 0 Å². The van der Waals surface area contributed by atoms with E-state index in [4.69, 9.17) is 0 Å². The zero-order valence-corrected chi connectivity index (χ0v) is 16.3. The lowest BCUT2D eigenvalue weighted by molar-refractivity contribution is 0.0793. The van der Waals surface area contributed by atoms with Crippen LogP contribution < -0.4 is 4.90 Å². The first-order valence-corrected chi connectivity index (χ1v) is 9.83. The molecule has 26 heavy (non-hydrogen) atoms. The number of hydrogen-bond acceptors (Lipinski definition) is 4. The molecule has 0 saturated carbocycles. The highest BCUT2D eigenvalue weighted by molar-refractivity contribution is 5.99. The van der Waals surface area contributed by atoms with Gasteiger partial charge in [-0.2, -0.15) is 0 Å². The SMILES string of the molecule is C=CCC(C)(C)CN1CCN(c2ncccc2C(=O)N2CCCC2)CC1. The summed E-state index contributed by atoms with van der Waals surface area (Å²) < 4.78 is 0. The molecule has 0 spiro atoms. The fourth-order valence-corrected chi connectivity index (χ4v) is 4.08. The Bertz CT molecular complexity index is 629. The molecule has 3 heterocycles. The van der Waals surface area contributed by atoms with Crippen molar-refractivity contribution < 1.29 is 4.79 Å². The molecule has 5 heteroatoms. The summed E-state index contributed by atoms with van der Waals surface area (Å²) in [4.78, 5) is 24.2. The smallest absolute Gasteiger partial charge is 0.257 e. The number of aromatic nitrogens is 1. The second-order valence-electron chi connectivity index (χ2n) is 8.29. The van der Waals surface area contributed by atoms with Gasteiger partial charge in [0.25, 0.3) is 5.91 Å². The van der Waals surface area contributed by atoms with E-state index < -0.39 is 0 Å². The van der Waals surface area contributed by atoms with E-state index in [0.29, 0.717) is 0 Å². The van der Waals surface area contributed by atoms with Crippen LogP contribution in [0.3, 0.4) is 0 Å². The Balaban J connectivity index is 1.64. The molecule has 5 nitrogen and oxygen atoms in total. The minimum absolute atomic E-state index is 0.139. The largest absolute Gasteiger partial charge is 0.353 e. The molecule has 2 aliphatic heterocycles. The molecule has 0 N–H and O–H groups in total. The average Bonchev–Trinajstić information content (AvgIpc) is 3.16. The van der Waals surface area contributed by atoms with Gasteiger partial charge in [-0.15, -0.1) is 6.58 Å². The van der Waals surface area contributed by atoms with Crippen molar-refractivity contribution in [1.82, 2.24) is 14.8 Å². The van der Waals surface area contributed by atoms with Gasteiger partial charge in [0, 0.05) is 52.0 Å². The maximum Gasteiger partial charge on any atom is 0.257 e. The van der Waals surface area contributed by atoms with Gasteiger partial charge in [-0.25, -0.2) is 4.98 Å². The van der Waals surface area contributed by atoms with E-state index in [-0.39, 0.29) is 11.3 Å². The summed E-state index contributed by atoms with van der Waals surface area (Å²) in [5.74, 6) is 0.995. The third kappa shape index (κ3) is 4.44. The van der Waals surface area contributed by atoms with Gasteiger partial charge in [0.15, 0.2) is 0 Å². The first kappa shape index (κ1) is 18.9. The fraction of sp³-hybridized carbons (Fsp3) is 0.619. The number of likely N-dealkylation sites (tertiary alicyclic amines) is 1. The van der Waals surface area contributed by atoms with Crippen LogP contribution in [0.4, 0.5) is 5.82 Å². The van der Waals surface area contributed by atoms with Crippen molar-refractivity contribution in [2.75, 3.05) is 50.7 Å². The van der Waals surface area contributed by atoms with Crippen LogP contribution in [0.25, 0.3) is 0 Å². The molecule has 0 atom stereocenters. The molecule has 2 saturated heterocycles. The molecular weight excluding hydrogens is 324 g/mol. The lowest BCUT2D eigenvalue weighted by Gasteiger charge is -2.39. The molecule has 1 aromatic rings. The first-order chi connectivity index (χ1) is 12.5. The van der Waals surface area contributed by atoms with Crippen molar-refractivity contribution in [3.05, 3.63) is 36.5 Å². The molecular formula is C21H32N4O. The van der Waals surface area contributed by atoms with Gasteiger partial charge in [0.2, 0.25) is 0 Å². The van der Waals surface area contributed by atoms with Crippen molar-refractivity contribution in [2.45, 2.75) is 33.1 Å². The Morgan fingerprint density at radius 3 is 2.54 bits per heavy atom. The molecule has 2 aliphatic rings. The predicted octanol–water partition coefficient (Wildman–Crippen LogP) is 3.04. The van der Waals surface area contributed by atoms with E-state index in [1.165, 1.54) is 0 Å². The number of carbonyl (C=O) groups is 1. The first-order valence-electron chi connectivity index (χ1n) is 9.83. The van der Waals surface area contributed by atoms with Crippen LogP contribution in [-0.4, -0.2) is 66.5 Å². The third-order valence-corrected chi connectivity index (χ3v) is 5.43. The summed E-state index contributed by atoms with van der Waals surface area (Å²) in [5.41, 5.74) is 1.01. The van der Waals surface area contributed by atoms with Crippen molar-refractivity contribution >= 4 is 11.7 Å². The number of pyridine rings is 1. The van der Waals surface area contributed by atoms with E-state index in [0.717, 1.165) is 76.5 Å². The van der Waals surface area contributed by atoms with Gasteiger partial charge < -0.3 is 9.80 Å². The monoisotopic (exact) mass is 356 g/mol. The van der Waals surface area contributed by atoms with Crippen LogP contribution >= 0.6 is 0 Å². The molecule has 0 aromatic carbocycles. The maximum absolute atomic E-state index is 12.9. The topological polar surface area (TPSA) is 39.7 Å². The number of hydrogen-bond donors (Lipinski definition) is 0. The van der Waals surface area contributed by atoms with Crippen LogP contribution in [-0.2, 0) is 0 Å². The highest BCUT2D eigenvalue weighted by Crippen LogP contribution is 2.25. The number of rotatable bonds is 6. The van der Waals surface area contributed by atoms with E-state index in [1.54, 1.807) is 6.20 Å². The Morgan fingerprint density at radius 1 is 1.19 bits per heavy atom. The van der Waals surface area contributed by atoms with Crippen LogP contribution in [0.2, 0.25) is 0 Å². The zero-order valence-electron chi connectivity index (χ0n) is 16.3. The number of allylic oxidation sites excluding steroid dienone is 1. The fourth-order valence-electron chi connectivity index (χ4n) is 4.08. The van der Waals surface area contributed by atoms with E-state index in [9.17, 15) is 4.79 Å². The van der Waals surface area contributed by atoms with Gasteiger partial charge in [0.05, 0.1) is 5.56 Å². The summed E-state index contributed by atoms with van der Waals surface area (Å²) >= 11 is 0.